The number of nitrogens with zero attached hydrogens (tertiary/aromatic N) is 1. The van der Waals surface area contributed by atoms with Gasteiger partial charge in [0.1, 0.15) is 11.3 Å². The highest BCUT2D eigenvalue weighted by molar-refractivity contribution is 9.10. The van der Waals surface area contributed by atoms with E-state index < -0.39 is 17.8 Å². The number of urea groups is 1. The Morgan fingerprint density at radius 2 is 1.75 bits per heavy atom. The first kappa shape index (κ1) is 25.3. The Labute approximate surface area is 223 Å². The number of carbonyl (C=O) groups is 4. The van der Waals surface area contributed by atoms with Gasteiger partial charge in [0, 0.05) is 10.2 Å². The smallest absolute Gasteiger partial charge is 0.335 e. The van der Waals surface area contributed by atoms with Crippen molar-refractivity contribution < 1.29 is 23.9 Å². The molecule has 0 bridgehead atoms. The van der Waals surface area contributed by atoms with Gasteiger partial charge in [-0.1, -0.05) is 40.2 Å². The van der Waals surface area contributed by atoms with E-state index in [1.165, 1.54) is 6.08 Å². The Kier molecular flexibility index (Phi) is 7.66. The minimum absolute atomic E-state index is 0.198. The van der Waals surface area contributed by atoms with Crippen molar-refractivity contribution in [2.45, 2.75) is 6.92 Å². The molecule has 0 spiro atoms. The fraction of sp³-hybridized carbons (Fsp3) is 0.0769. The lowest BCUT2D eigenvalue weighted by Gasteiger charge is -2.26. The lowest BCUT2D eigenvalue weighted by atomic mass is 10.1. The number of nitrogens with one attached hydrogen (secondary N) is 2. The quantitative estimate of drug-likeness (QED) is 0.294. The average molecular weight is 613 g/mol. The molecule has 3 aromatic rings. The maximum atomic E-state index is 13.0. The number of barbiturate groups is 1. The van der Waals surface area contributed by atoms with E-state index in [1.54, 1.807) is 48.5 Å². The summed E-state index contributed by atoms with van der Waals surface area (Å²) >= 11 is 6.70. The van der Waals surface area contributed by atoms with E-state index in [9.17, 15) is 19.2 Å². The molecule has 4 rings (SSSR count). The van der Waals surface area contributed by atoms with Crippen LogP contribution >= 0.6 is 31.9 Å². The van der Waals surface area contributed by atoms with E-state index in [2.05, 4.69) is 42.5 Å². The summed E-state index contributed by atoms with van der Waals surface area (Å²) in [4.78, 5) is 50.9. The molecular weight excluding hydrogens is 594 g/mol. The first-order valence-electron chi connectivity index (χ1n) is 10.7. The second-order valence-corrected chi connectivity index (χ2v) is 9.55. The second-order valence-electron chi connectivity index (χ2n) is 7.78. The predicted octanol–water partition coefficient (Wildman–Crippen LogP) is 5.20. The van der Waals surface area contributed by atoms with E-state index in [0.29, 0.717) is 27.2 Å². The zero-order valence-electron chi connectivity index (χ0n) is 18.9. The molecule has 8 nitrogen and oxygen atoms in total. The van der Waals surface area contributed by atoms with Crippen LogP contribution < -0.4 is 20.3 Å². The lowest BCUT2D eigenvalue weighted by Crippen LogP contribution is -2.54. The van der Waals surface area contributed by atoms with Crippen LogP contribution in [0.3, 0.4) is 0 Å². The van der Waals surface area contributed by atoms with Gasteiger partial charge in [0.2, 0.25) is 0 Å². The molecule has 182 valence electrons. The number of para-hydroxylation sites is 1. The van der Waals surface area contributed by atoms with E-state index in [0.717, 1.165) is 14.9 Å². The summed E-state index contributed by atoms with van der Waals surface area (Å²) in [6, 6.07) is 18.0. The largest absolute Gasteiger partial charge is 0.483 e. The number of hydrogen-bond donors (Lipinski definition) is 2. The molecular formula is C26H19Br2N3O5. The lowest BCUT2D eigenvalue weighted by molar-refractivity contribution is -0.122. The number of aryl methyl sites for hydroxylation is 1. The van der Waals surface area contributed by atoms with Crippen LogP contribution in [0.2, 0.25) is 0 Å². The SMILES string of the molecule is Cc1ccccc1NC(=O)COc1ccc(/C=C2\C(=O)NC(=O)N(c3ccc(Br)cc3)C2=O)cc1Br. The highest BCUT2D eigenvalue weighted by Crippen LogP contribution is 2.28. The molecule has 2 N–H and O–H groups in total. The topological polar surface area (TPSA) is 105 Å². The molecule has 1 aliphatic heterocycles. The van der Waals surface area contributed by atoms with Gasteiger partial charge >= 0.3 is 6.03 Å². The molecule has 0 saturated carbocycles. The van der Waals surface area contributed by atoms with Gasteiger partial charge < -0.3 is 10.1 Å². The minimum atomic E-state index is -0.821. The summed E-state index contributed by atoms with van der Waals surface area (Å²) in [6.45, 7) is 1.68. The Bertz CT molecular complexity index is 1400. The monoisotopic (exact) mass is 611 g/mol. The van der Waals surface area contributed by atoms with Crippen molar-refractivity contribution in [1.82, 2.24) is 5.32 Å². The number of ether oxygens (including phenoxy) is 1. The number of imide groups is 2. The highest BCUT2D eigenvalue weighted by Gasteiger charge is 2.36. The zero-order chi connectivity index (χ0) is 25.8. The van der Waals surface area contributed by atoms with Crippen LogP contribution in [0.25, 0.3) is 6.08 Å². The molecule has 3 aromatic carbocycles. The standard InChI is InChI=1S/C26H19Br2N3O5/c1-15-4-2-3-5-21(15)29-23(32)14-36-22-11-6-16(13-20(22)28)12-19-24(33)30-26(35)31(25(19)34)18-9-7-17(27)8-10-18/h2-13H,14H2,1H3,(H,29,32)(H,30,33,35)/b19-12+. The van der Waals surface area contributed by atoms with Gasteiger partial charge in [-0.05, 0) is 82.5 Å². The van der Waals surface area contributed by atoms with Crippen molar-refractivity contribution in [3.8, 4) is 5.75 Å². The van der Waals surface area contributed by atoms with Gasteiger partial charge in [-0.15, -0.1) is 0 Å². The molecule has 0 radical (unpaired) electrons. The van der Waals surface area contributed by atoms with E-state index >= 15 is 0 Å². The van der Waals surface area contributed by atoms with Crippen molar-refractivity contribution in [1.29, 1.82) is 0 Å². The second kappa shape index (κ2) is 10.9. The molecule has 1 fully saturated rings. The average Bonchev–Trinajstić information content (AvgIpc) is 2.84. The van der Waals surface area contributed by atoms with Crippen molar-refractivity contribution in [3.63, 3.8) is 0 Å². The number of rotatable bonds is 6. The van der Waals surface area contributed by atoms with Crippen LogP contribution in [0.15, 0.2) is 81.2 Å². The van der Waals surface area contributed by atoms with Crippen molar-refractivity contribution in [2.75, 3.05) is 16.8 Å². The normalized spacial score (nSPS) is 14.6. The van der Waals surface area contributed by atoms with Gasteiger partial charge in [-0.3, -0.25) is 19.7 Å². The minimum Gasteiger partial charge on any atom is -0.483 e. The Balaban J connectivity index is 1.48. The summed E-state index contributed by atoms with van der Waals surface area (Å²) in [5.41, 5.74) is 2.29. The molecule has 0 atom stereocenters. The van der Waals surface area contributed by atoms with Gasteiger partial charge in [0.25, 0.3) is 17.7 Å². The number of carbonyl (C=O) groups excluding carboxylic acids is 4. The van der Waals surface area contributed by atoms with E-state index in [4.69, 9.17) is 4.74 Å². The van der Waals surface area contributed by atoms with Crippen LogP contribution in [0, 0.1) is 6.92 Å². The molecule has 0 aliphatic carbocycles. The van der Waals surface area contributed by atoms with Crippen LogP contribution in [0.5, 0.6) is 5.75 Å². The number of hydrogen-bond acceptors (Lipinski definition) is 5. The van der Waals surface area contributed by atoms with Crippen LogP contribution in [0.1, 0.15) is 11.1 Å². The van der Waals surface area contributed by atoms with Gasteiger partial charge in [-0.2, -0.15) is 0 Å². The maximum Gasteiger partial charge on any atom is 0.335 e. The predicted molar refractivity (Wildman–Crippen MR) is 143 cm³/mol. The Morgan fingerprint density at radius 3 is 2.44 bits per heavy atom. The molecule has 1 aliphatic rings. The zero-order valence-corrected chi connectivity index (χ0v) is 22.1. The number of benzene rings is 3. The summed E-state index contributed by atoms with van der Waals surface area (Å²) < 4.78 is 6.91. The van der Waals surface area contributed by atoms with Gasteiger partial charge in [0.05, 0.1) is 10.2 Å². The fourth-order valence-corrected chi connectivity index (χ4v) is 4.19. The maximum absolute atomic E-state index is 13.0. The third-order valence-electron chi connectivity index (χ3n) is 5.23. The van der Waals surface area contributed by atoms with Crippen molar-refractivity contribution >= 4 is 73.1 Å². The molecule has 36 heavy (non-hydrogen) atoms. The van der Waals surface area contributed by atoms with Crippen LogP contribution in [-0.2, 0) is 14.4 Å². The molecule has 0 unspecified atom stereocenters. The first-order valence-corrected chi connectivity index (χ1v) is 12.3. The van der Waals surface area contributed by atoms with Crippen LogP contribution in [-0.4, -0.2) is 30.4 Å². The van der Waals surface area contributed by atoms with Gasteiger partial charge in [-0.25, -0.2) is 9.69 Å². The first-order chi connectivity index (χ1) is 17.2. The fourth-order valence-electron chi connectivity index (χ4n) is 3.42. The number of anilines is 2. The summed E-state index contributed by atoms with van der Waals surface area (Å²) in [6.07, 6.45) is 1.38. The summed E-state index contributed by atoms with van der Waals surface area (Å²) in [7, 11) is 0. The Hall–Kier alpha value is -3.76. The van der Waals surface area contributed by atoms with E-state index in [1.807, 2.05) is 25.1 Å². The third-order valence-corrected chi connectivity index (χ3v) is 6.38. The van der Waals surface area contributed by atoms with Crippen molar-refractivity contribution in [3.05, 3.63) is 92.4 Å². The molecule has 1 heterocycles. The highest BCUT2D eigenvalue weighted by atomic mass is 79.9. The van der Waals surface area contributed by atoms with Crippen LogP contribution in [0.4, 0.5) is 16.2 Å². The van der Waals surface area contributed by atoms with Gasteiger partial charge in [0.15, 0.2) is 6.61 Å². The molecule has 10 heteroatoms. The van der Waals surface area contributed by atoms with Crippen molar-refractivity contribution in [2.24, 2.45) is 0 Å². The summed E-state index contributed by atoms with van der Waals surface area (Å²) in [5, 5.41) is 4.99. The number of halogens is 2. The molecule has 0 aromatic heterocycles. The summed E-state index contributed by atoms with van der Waals surface area (Å²) in [5.74, 6) is -1.44. The molecule has 1 saturated heterocycles. The Morgan fingerprint density at radius 1 is 1.03 bits per heavy atom. The third kappa shape index (κ3) is 5.72. The molecule has 5 amide bonds. The number of amides is 5. The van der Waals surface area contributed by atoms with E-state index in [-0.39, 0.29) is 18.1 Å².